The van der Waals surface area contributed by atoms with Crippen LogP contribution >= 0.6 is 11.3 Å². The summed E-state index contributed by atoms with van der Waals surface area (Å²) in [6.07, 6.45) is 1.86. The topological polar surface area (TPSA) is 12.9 Å². The number of hydrogen-bond donors (Lipinski definition) is 0. The predicted molar refractivity (Wildman–Crippen MR) is 58.5 cm³/mol. The van der Waals surface area contributed by atoms with Crippen molar-refractivity contribution in [2.75, 3.05) is 0 Å². The molecule has 0 N–H and O–H groups in total. The van der Waals surface area contributed by atoms with E-state index in [1.54, 1.807) is 11.3 Å². The average molecular weight is 393 g/mol. The Morgan fingerprint density at radius 1 is 1.33 bits per heavy atom. The molecule has 15 heavy (non-hydrogen) atoms. The molecule has 0 saturated heterocycles. The van der Waals surface area contributed by atoms with Gasteiger partial charge in [-0.2, -0.15) is 0 Å². The molecule has 0 amide bonds. The SMILES string of the molecule is CC1(C)c2cs[c-]c2-c2ncccc21.[Ir]. The fourth-order valence-electron chi connectivity index (χ4n) is 2.15. The molecule has 2 aromatic rings. The van der Waals surface area contributed by atoms with Crippen molar-refractivity contribution in [3.63, 3.8) is 0 Å². The third kappa shape index (κ3) is 1.34. The fourth-order valence-corrected chi connectivity index (χ4v) is 3.06. The maximum Gasteiger partial charge on any atom is 0.0160 e. The van der Waals surface area contributed by atoms with Gasteiger partial charge in [0.15, 0.2) is 0 Å². The Balaban J connectivity index is 0.000000853. The van der Waals surface area contributed by atoms with Crippen LogP contribution in [0.1, 0.15) is 25.0 Å². The Morgan fingerprint density at radius 3 is 2.93 bits per heavy atom. The fraction of sp³-hybridized carbons (Fsp3) is 0.250. The van der Waals surface area contributed by atoms with Crippen LogP contribution in [0.2, 0.25) is 0 Å². The second-order valence-electron chi connectivity index (χ2n) is 4.15. The van der Waals surface area contributed by atoms with Crippen molar-refractivity contribution < 1.29 is 20.1 Å². The summed E-state index contributed by atoms with van der Waals surface area (Å²) in [6.45, 7) is 4.50. The molecule has 1 radical (unpaired) electrons. The third-order valence-corrected chi connectivity index (χ3v) is 3.67. The molecule has 0 bridgehead atoms. The molecule has 0 aliphatic heterocycles. The molecule has 2 aromatic heterocycles. The molecule has 0 spiro atoms. The number of pyridine rings is 1. The molecule has 0 atom stereocenters. The van der Waals surface area contributed by atoms with E-state index in [1.807, 2.05) is 12.3 Å². The first-order valence-electron chi connectivity index (χ1n) is 4.67. The van der Waals surface area contributed by atoms with Crippen LogP contribution in [0, 0.1) is 5.38 Å². The molecule has 1 aliphatic carbocycles. The summed E-state index contributed by atoms with van der Waals surface area (Å²) >= 11 is 1.64. The van der Waals surface area contributed by atoms with Gasteiger partial charge >= 0.3 is 0 Å². The van der Waals surface area contributed by atoms with E-state index >= 15 is 0 Å². The van der Waals surface area contributed by atoms with Gasteiger partial charge in [0.1, 0.15) is 0 Å². The number of thiophene rings is 1. The Bertz CT molecular complexity index is 502. The van der Waals surface area contributed by atoms with E-state index < -0.39 is 0 Å². The molecule has 0 saturated carbocycles. The van der Waals surface area contributed by atoms with Gasteiger partial charge in [-0.3, -0.25) is 11.3 Å². The van der Waals surface area contributed by atoms with Crippen molar-refractivity contribution in [1.29, 1.82) is 0 Å². The molecule has 0 unspecified atom stereocenters. The summed E-state index contributed by atoms with van der Waals surface area (Å²) in [5.74, 6) is 0. The van der Waals surface area contributed by atoms with Gasteiger partial charge in [0.25, 0.3) is 0 Å². The Morgan fingerprint density at radius 2 is 2.13 bits per heavy atom. The van der Waals surface area contributed by atoms with Gasteiger partial charge in [0, 0.05) is 26.3 Å². The van der Waals surface area contributed by atoms with E-state index in [4.69, 9.17) is 0 Å². The van der Waals surface area contributed by atoms with Crippen LogP contribution in [-0.4, -0.2) is 4.98 Å². The minimum Gasteiger partial charge on any atom is -0.304 e. The van der Waals surface area contributed by atoms with Crippen molar-refractivity contribution in [3.8, 4) is 11.3 Å². The summed E-state index contributed by atoms with van der Waals surface area (Å²) in [6, 6.07) is 4.18. The smallest absolute Gasteiger partial charge is 0.0160 e. The summed E-state index contributed by atoms with van der Waals surface area (Å²) in [5.41, 5.74) is 5.13. The third-order valence-electron chi connectivity index (χ3n) is 3.00. The normalized spacial score (nSPS) is 15.3. The maximum absolute atomic E-state index is 4.44. The summed E-state index contributed by atoms with van der Waals surface area (Å²) in [7, 11) is 0. The van der Waals surface area contributed by atoms with E-state index in [0.717, 1.165) is 5.69 Å². The van der Waals surface area contributed by atoms with Crippen LogP contribution in [0.5, 0.6) is 0 Å². The number of nitrogens with zero attached hydrogens (tertiary/aromatic N) is 1. The van der Waals surface area contributed by atoms with Crippen molar-refractivity contribution in [2.45, 2.75) is 19.3 Å². The first kappa shape index (κ1) is 11.0. The van der Waals surface area contributed by atoms with Gasteiger partial charge < -0.3 is 4.98 Å². The largest absolute Gasteiger partial charge is 0.304 e. The van der Waals surface area contributed by atoms with Gasteiger partial charge in [0.05, 0.1) is 0 Å². The standard InChI is InChI=1S/C12H10NS.Ir/c1-12(2)9-4-3-5-13-11(9)8-6-14-7-10(8)12;/h3-5,7H,1-2H3;/q-1;. The van der Waals surface area contributed by atoms with Crippen molar-refractivity contribution in [3.05, 3.63) is 40.2 Å². The molecule has 0 fully saturated rings. The summed E-state index contributed by atoms with van der Waals surface area (Å²) in [5, 5.41) is 5.50. The molecule has 3 heteroatoms. The van der Waals surface area contributed by atoms with Gasteiger partial charge in [-0.1, -0.05) is 30.9 Å². The van der Waals surface area contributed by atoms with Crippen LogP contribution in [0.3, 0.4) is 0 Å². The zero-order valence-electron chi connectivity index (χ0n) is 8.50. The minimum absolute atomic E-state index is 0. The number of rotatable bonds is 0. The summed E-state index contributed by atoms with van der Waals surface area (Å²) in [4.78, 5) is 4.44. The van der Waals surface area contributed by atoms with Gasteiger partial charge in [-0.15, -0.1) is 16.5 Å². The molecule has 0 aromatic carbocycles. The zero-order chi connectivity index (χ0) is 9.76. The molecule has 1 aliphatic rings. The molecule has 79 valence electrons. The van der Waals surface area contributed by atoms with Crippen LogP contribution in [-0.2, 0) is 25.5 Å². The van der Waals surface area contributed by atoms with Crippen molar-refractivity contribution in [2.24, 2.45) is 0 Å². The molecule has 3 rings (SSSR count). The zero-order valence-corrected chi connectivity index (χ0v) is 11.7. The second-order valence-corrected chi connectivity index (χ2v) is 4.83. The minimum atomic E-state index is 0. The van der Waals surface area contributed by atoms with Crippen LogP contribution in [0.25, 0.3) is 11.3 Å². The Labute approximate surface area is 107 Å². The maximum atomic E-state index is 4.44. The quantitative estimate of drug-likeness (QED) is 0.628. The van der Waals surface area contributed by atoms with Crippen LogP contribution < -0.4 is 0 Å². The molecular weight excluding hydrogens is 382 g/mol. The van der Waals surface area contributed by atoms with E-state index in [2.05, 4.69) is 35.7 Å². The van der Waals surface area contributed by atoms with Crippen molar-refractivity contribution >= 4 is 11.3 Å². The van der Waals surface area contributed by atoms with E-state index in [9.17, 15) is 0 Å². The van der Waals surface area contributed by atoms with Gasteiger partial charge in [-0.25, -0.2) is 0 Å². The summed E-state index contributed by atoms with van der Waals surface area (Å²) < 4.78 is 0. The van der Waals surface area contributed by atoms with E-state index in [1.165, 1.54) is 16.7 Å². The predicted octanol–water partition coefficient (Wildman–Crippen LogP) is 3.25. The van der Waals surface area contributed by atoms with E-state index in [-0.39, 0.29) is 25.5 Å². The number of aromatic nitrogens is 1. The second kappa shape index (κ2) is 3.51. The first-order chi connectivity index (χ1) is 6.71. The first-order valence-corrected chi connectivity index (χ1v) is 5.55. The van der Waals surface area contributed by atoms with Gasteiger partial charge in [-0.05, 0) is 17.2 Å². The number of hydrogen-bond acceptors (Lipinski definition) is 2. The van der Waals surface area contributed by atoms with Crippen molar-refractivity contribution in [1.82, 2.24) is 4.98 Å². The Hall–Kier alpha value is -0.501. The Kier molecular flexibility index (Phi) is 2.58. The van der Waals surface area contributed by atoms with E-state index in [0.29, 0.717) is 0 Å². The molecule has 2 heterocycles. The molecular formula is C12H10IrNS-. The molecule has 1 nitrogen and oxygen atoms in total. The van der Waals surface area contributed by atoms with Gasteiger partial charge in [0.2, 0.25) is 0 Å². The van der Waals surface area contributed by atoms with Crippen LogP contribution in [0.15, 0.2) is 23.7 Å². The number of fused-ring (bicyclic) bond motifs is 3. The van der Waals surface area contributed by atoms with Crippen LogP contribution in [0.4, 0.5) is 0 Å². The average Bonchev–Trinajstić information content (AvgIpc) is 2.72. The monoisotopic (exact) mass is 393 g/mol.